The zero-order valence-corrected chi connectivity index (χ0v) is 15.0. The SMILES string of the molecule is Cc1cc(C(=O)NCCSCc2ccccc2F)ccc1-n1cnnn1. The Morgan fingerprint density at radius 3 is 2.85 bits per heavy atom. The van der Waals surface area contributed by atoms with Crippen molar-refractivity contribution in [2.75, 3.05) is 12.3 Å². The Labute approximate surface area is 154 Å². The highest BCUT2D eigenvalue weighted by atomic mass is 32.2. The van der Waals surface area contributed by atoms with E-state index < -0.39 is 0 Å². The molecule has 6 nitrogen and oxygen atoms in total. The summed E-state index contributed by atoms with van der Waals surface area (Å²) in [4.78, 5) is 12.3. The van der Waals surface area contributed by atoms with Crippen LogP contribution in [0.15, 0.2) is 48.8 Å². The van der Waals surface area contributed by atoms with Gasteiger partial charge in [0.1, 0.15) is 12.1 Å². The molecule has 134 valence electrons. The van der Waals surface area contributed by atoms with Crippen LogP contribution in [0.2, 0.25) is 0 Å². The standard InChI is InChI=1S/C18H18FN5OS/c1-13-10-14(6-7-17(13)24-12-21-22-23-24)18(25)20-8-9-26-11-15-4-2-3-5-16(15)19/h2-7,10,12H,8-9,11H2,1H3,(H,20,25). The first-order valence-electron chi connectivity index (χ1n) is 8.08. The van der Waals surface area contributed by atoms with Gasteiger partial charge in [0.25, 0.3) is 5.91 Å². The zero-order valence-electron chi connectivity index (χ0n) is 14.2. The Morgan fingerprint density at radius 2 is 2.12 bits per heavy atom. The molecule has 0 fully saturated rings. The Kier molecular flexibility index (Phi) is 5.96. The summed E-state index contributed by atoms with van der Waals surface area (Å²) in [6, 6.07) is 12.1. The lowest BCUT2D eigenvalue weighted by Gasteiger charge is -2.09. The highest BCUT2D eigenvalue weighted by Crippen LogP contribution is 2.16. The normalized spacial score (nSPS) is 10.7. The molecule has 0 aliphatic rings. The Balaban J connectivity index is 1.48. The molecule has 0 radical (unpaired) electrons. The van der Waals surface area contributed by atoms with Crippen LogP contribution >= 0.6 is 11.8 Å². The van der Waals surface area contributed by atoms with Gasteiger partial charge in [0.2, 0.25) is 0 Å². The molecule has 0 bridgehead atoms. The predicted octanol–water partition coefficient (Wildman–Crippen LogP) is 2.77. The number of hydrogen-bond acceptors (Lipinski definition) is 5. The number of rotatable bonds is 7. The second kappa shape index (κ2) is 8.57. The molecule has 0 unspecified atom stereocenters. The molecule has 3 rings (SSSR count). The van der Waals surface area contributed by atoms with Crippen molar-refractivity contribution < 1.29 is 9.18 Å². The second-order valence-electron chi connectivity index (χ2n) is 5.66. The van der Waals surface area contributed by atoms with Gasteiger partial charge in [-0.25, -0.2) is 9.07 Å². The van der Waals surface area contributed by atoms with Crippen LogP contribution in [0.3, 0.4) is 0 Å². The van der Waals surface area contributed by atoms with Gasteiger partial charge in [-0.15, -0.1) is 5.10 Å². The van der Waals surface area contributed by atoms with E-state index in [4.69, 9.17) is 0 Å². The molecule has 0 atom stereocenters. The maximum atomic E-state index is 13.5. The molecule has 0 saturated heterocycles. The summed E-state index contributed by atoms with van der Waals surface area (Å²) in [6.45, 7) is 2.42. The van der Waals surface area contributed by atoms with Gasteiger partial charge in [-0.05, 0) is 52.7 Å². The van der Waals surface area contributed by atoms with Crippen LogP contribution in [0.1, 0.15) is 21.5 Å². The van der Waals surface area contributed by atoms with Crippen molar-refractivity contribution >= 4 is 17.7 Å². The van der Waals surface area contributed by atoms with Crippen LogP contribution in [0.4, 0.5) is 4.39 Å². The van der Waals surface area contributed by atoms with Crippen molar-refractivity contribution in [1.29, 1.82) is 0 Å². The van der Waals surface area contributed by atoms with Gasteiger partial charge in [0.05, 0.1) is 5.69 Å². The van der Waals surface area contributed by atoms with Crippen LogP contribution in [0.5, 0.6) is 0 Å². The minimum Gasteiger partial charge on any atom is -0.351 e. The number of nitrogens with one attached hydrogen (secondary N) is 1. The first-order valence-corrected chi connectivity index (χ1v) is 9.24. The number of amides is 1. The van der Waals surface area contributed by atoms with E-state index in [-0.39, 0.29) is 11.7 Å². The molecule has 0 saturated carbocycles. The number of aryl methyl sites for hydroxylation is 1. The predicted molar refractivity (Wildman–Crippen MR) is 98.8 cm³/mol. The number of thioether (sulfide) groups is 1. The number of benzene rings is 2. The van der Waals surface area contributed by atoms with Crippen LogP contribution in [0.25, 0.3) is 5.69 Å². The third-order valence-corrected chi connectivity index (χ3v) is 4.81. The van der Waals surface area contributed by atoms with Crippen LogP contribution in [-0.2, 0) is 5.75 Å². The molecular formula is C18H18FN5OS. The molecule has 8 heteroatoms. The first-order chi connectivity index (χ1) is 12.6. The molecule has 3 aromatic rings. The van der Waals surface area contributed by atoms with Crippen molar-refractivity contribution in [1.82, 2.24) is 25.5 Å². The quantitative estimate of drug-likeness (QED) is 0.647. The van der Waals surface area contributed by atoms with E-state index in [0.29, 0.717) is 29.2 Å². The average molecular weight is 371 g/mol. The lowest BCUT2D eigenvalue weighted by Crippen LogP contribution is -2.25. The van der Waals surface area contributed by atoms with Crippen LogP contribution < -0.4 is 5.32 Å². The van der Waals surface area contributed by atoms with Gasteiger partial charge >= 0.3 is 0 Å². The number of hydrogen-bond donors (Lipinski definition) is 1. The van der Waals surface area contributed by atoms with Crippen LogP contribution in [-0.4, -0.2) is 38.4 Å². The van der Waals surface area contributed by atoms with Gasteiger partial charge in [0.15, 0.2) is 0 Å². The number of nitrogens with zero attached hydrogens (tertiary/aromatic N) is 4. The van der Waals surface area contributed by atoms with E-state index in [1.165, 1.54) is 12.4 Å². The molecule has 1 N–H and O–H groups in total. The van der Waals surface area contributed by atoms with Crippen molar-refractivity contribution in [2.45, 2.75) is 12.7 Å². The van der Waals surface area contributed by atoms with Crippen molar-refractivity contribution in [3.05, 3.63) is 71.3 Å². The molecule has 1 heterocycles. The maximum Gasteiger partial charge on any atom is 0.251 e. The van der Waals surface area contributed by atoms with E-state index in [1.807, 2.05) is 19.1 Å². The van der Waals surface area contributed by atoms with Gasteiger partial charge in [-0.3, -0.25) is 4.79 Å². The number of tetrazole rings is 1. The first kappa shape index (κ1) is 18.1. The number of carbonyl (C=O) groups is 1. The molecule has 1 amide bonds. The molecular weight excluding hydrogens is 353 g/mol. The fourth-order valence-electron chi connectivity index (χ4n) is 2.46. The van der Waals surface area contributed by atoms with E-state index >= 15 is 0 Å². The summed E-state index contributed by atoms with van der Waals surface area (Å²) < 4.78 is 15.1. The molecule has 26 heavy (non-hydrogen) atoms. The smallest absolute Gasteiger partial charge is 0.251 e. The minimum atomic E-state index is -0.192. The van der Waals surface area contributed by atoms with Gasteiger partial charge < -0.3 is 5.32 Å². The van der Waals surface area contributed by atoms with Crippen molar-refractivity contribution in [2.24, 2.45) is 0 Å². The third-order valence-electron chi connectivity index (χ3n) is 3.80. The van der Waals surface area contributed by atoms with Gasteiger partial charge in [-0.1, -0.05) is 18.2 Å². The summed E-state index contributed by atoms with van der Waals surface area (Å²) in [5.74, 6) is 0.967. The summed E-state index contributed by atoms with van der Waals surface area (Å²) in [7, 11) is 0. The minimum absolute atomic E-state index is 0.136. The second-order valence-corrected chi connectivity index (χ2v) is 6.76. The maximum absolute atomic E-state index is 13.5. The topological polar surface area (TPSA) is 72.7 Å². The van der Waals surface area contributed by atoms with E-state index in [9.17, 15) is 9.18 Å². The van der Waals surface area contributed by atoms with Gasteiger partial charge in [0, 0.05) is 23.6 Å². The highest BCUT2D eigenvalue weighted by Gasteiger charge is 2.09. The van der Waals surface area contributed by atoms with Gasteiger partial charge in [-0.2, -0.15) is 11.8 Å². The summed E-state index contributed by atoms with van der Waals surface area (Å²) in [5, 5.41) is 13.9. The van der Waals surface area contributed by atoms with E-state index in [2.05, 4.69) is 20.8 Å². The van der Waals surface area contributed by atoms with E-state index in [1.54, 1.807) is 40.7 Å². The molecule has 0 aliphatic carbocycles. The van der Waals surface area contributed by atoms with Crippen molar-refractivity contribution in [3.8, 4) is 5.69 Å². The molecule has 1 aromatic heterocycles. The Morgan fingerprint density at radius 1 is 1.27 bits per heavy atom. The fraction of sp³-hybridized carbons (Fsp3) is 0.222. The molecule has 0 aliphatic heterocycles. The third kappa shape index (κ3) is 4.45. The largest absolute Gasteiger partial charge is 0.351 e. The van der Waals surface area contributed by atoms with E-state index in [0.717, 1.165) is 11.3 Å². The summed E-state index contributed by atoms with van der Waals surface area (Å²) in [6.07, 6.45) is 1.51. The highest BCUT2D eigenvalue weighted by molar-refractivity contribution is 7.98. The Bertz CT molecular complexity index is 885. The molecule has 2 aromatic carbocycles. The number of aromatic nitrogens is 4. The number of carbonyl (C=O) groups excluding carboxylic acids is 1. The monoisotopic (exact) mass is 371 g/mol. The Hall–Kier alpha value is -2.74. The fourth-order valence-corrected chi connectivity index (χ4v) is 3.31. The van der Waals surface area contributed by atoms with Crippen molar-refractivity contribution in [3.63, 3.8) is 0 Å². The summed E-state index contributed by atoms with van der Waals surface area (Å²) in [5.41, 5.74) is 2.99. The number of halogens is 1. The zero-order chi connectivity index (χ0) is 18.4. The van der Waals surface area contributed by atoms with Crippen LogP contribution in [0, 0.1) is 12.7 Å². The lowest BCUT2D eigenvalue weighted by atomic mass is 10.1. The molecule has 0 spiro atoms. The summed E-state index contributed by atoms with van der Waals surface area (Å²) >= 11 is 1.58. The lowest BCUT2D eigenvalue weighted by molar-refractivity contribution is 0.0956. The average Bonchev–Trinajstić information content (AvgIpc) is 3.17.